The monoisotopic (exact) mass is 324 g/mol. The van der Waals surface area contributed by atoms with Crippen molar-refractivity contribution < 1.29 is 14.3 Å². The lowest BCUT2D eigenvalue weighted by Gasteiger charge is -2.23. The number of hydrogen-bond acceptors (Lipinski definition) is 3. The Morgan fingerprint density at radius 1 is 1.21 bits per heavy atom. The van der Waals surface area contributed by atoms with Gasteiger partial charge in [-0.05, 0) is 29.5 Å². The minimum Gasteiger partial charge on any atom is -0.490 e. The lowest BCUT2D eigenvalue weighted by atomic mass is 9.85. The second-order valence-electron chi connectivity index (χ2n) is 7.37. The Balaban J connectivity index is 1.95. The third kappa shape index (κ3) is 3.68. The number of hydrogen-bond donors (Lipinski definition) is 0. The van der Waals surface area contributed by atoms with Crippen molar-refractivity contribution in [2.45, 2.75) is 39.2 Å². The van der Waals surface area contributed by atoms with Crippen LogP contribution >= 0.6 is 0 Å². The van der Waals surface area contributed by atoms with Crippen LogP contribution in [0, 0.1) is 6.92 Å². The third-order valence-corrected chi connectivity index (χ3v) is 4.27. The average molecular weight is 324 g/mol. The molecule has 1 aliphatic rings. The van der Waals surface area contributed by atoms with Gasteiger partial charge in [-0.3, -0.25) is 4.79 Å². The van der Waals surface area contributed by atoms with Crippen LogP contribution in [0.1, 0.15) is 47.8 Å². The maximum absolute atomic E-state index is 12.9. The van der Waals surface area contributed by atoms with Gasteiger partial charge in [0.2, 0.25) is 0 Å². The molecule has 126 valence electrons. The predicted molar refractivity (Wildman–Crippen MR) is 95.0 cm³/mol. The molecule has 24 heavy (non-hydrogen) atoms. The van der Waals surface area contributed by atoms with Gasteiger partial charge in [-0.1, -0.05) is 57.2 Å². The van der Waals surface area contributed by atoms with Gasteiger partial charge < -0.3 is 9.47 Å². The summed E-state index contributed by atoms with van der Waals surface area (Å²) in [4.78, 5) is 12.9. The summed E-state index contributed by atoms with van der Waals surface area (Å²) in [7, 11) is 0. The highest BCUT2D eigenvalue weighted by molar-refractivity contribution is 6.10. The number of aryl methyl sites for hydroxylation is 1. The largest absolute Gasteiger partial charge is 0.490 e. The van der Waals surface area contributed by atoms with Crippen molar-refractivity contribution in [2.24, 2.45) is 0 Å². The second kappa shape index (κ2) is 6.40. The molecule has 0 N–H and O–H groups in total. The van der Waals surface area contributed by atoms with Crippen molar-refractivity contribution in [3.8, 4) is 5.75 Å². The molecule has 3 nitrogen and oxygen atoms in total. The number of ether oxygens (including phenoxy) is 2. The fraction of sp³-hybridized carbons (Fsp3) is 0.381. The first-order valence-corrected chi connectivity index (χ1v) is 8.35. The number of epoxide rings is 1. The average Bonchev–Trinajstić information content (AvgIpc) is 3.36. The van der Waals surface area contributed by atoms with E-state index in [4.69, 9.17) is 9.47 Å². The molecule has 2 aromatic rings. The Labute approximate surface area is 143 Å². The molecule has 3 heteroatoms. The Morgan fingerprint density at radius 2 is 1.92 bits per heavy atom. The zero-order chi connectivity index (χ0) is 17.3. The van der Waals surface area contributed by atoms with Gasteiger partial charge in [-0.2, -0.15) is 0 Å². The molecule has 0 amide bonds. The summed E-state index contributed by atoms with van der Waals surface area (Å²) in [5, 5.41) is 0. The normalized spacial score (nSPS) is 16.8. The van der Waals surface area contributed by atoms with E-state index < -0.39 is 0 Å². The molecule has 1 fully saturated rings. The molecule has 2 aromatic carbocycles. The number of ketones is 1. The molecule has 0 bridgehead atoms. The van der Waals surface area contributed by atoms with Crippen LogP contribution in [0.2, 0.25) is 0 Å². The summed E-state index contributed by atoms with van der Waals surface area (Å²) in [5.74, 6) is 0.804. The first-order chi connectivity index (χ1) is 11.4. The van der Waals surface area contributed by atoms with E-state index in [1.54, 1.807) is 0 Å². The van der Waals surface area contributed by atoms with Gasteiger partial charge in [0.15, 0.2) is 5.78 Å². The van der Waals surface area contributed by atoms with Crippen LogP contribution in [0.3, 0.4) is 0 Å². The topological polar surface area (TPSA) is 38.8 Å². The van der Waals surface area contributed by atoms with Crippen molar-refractivity contribution in [1.29, 1.82) is 0 Å². The fourth-order valence-electron chi connectivity index (χ4n) is 2.73. The standard InChI is InChI=1S/C21H24O3/c1-14-7-5-6-8-17(14)20(22)15-9-10-18(21(2,3)4)19(11-15)24-13-16-12-23-16/h5-11,16H,12-13H2,1-4H3. The SMILES string of the molecule is Cc1ccccc1C(=O)c1ccc(C(C)(C)C)c(OCC2CO2)c1. The Kier molecular flexibility index (Phi) is 4.46. The fourth-order valence-corrected chi connectivity index (χ4v) is 2.73. The highest BCUT2D eigenvalue weighted by atomic mass is 16.6. The molecule has 1 aliphatic heterocycles. The van der Waals surface area contributed by atoms with E-state index in [0.29, 0.717) is 12.2 Å². The van der Waals surface area contributed by atoms with Crippen LogP contribution in [0.15, 0.2) is 42.5 Å². The number of carbonyl (C=O) groups excluding carboxylic acids is 1. The lowest BCUT2D eigenvalue weighted by molar-refractivity contribution is 0.103. The Hall–Kier alpha value is -2.13. The summed E-state index contributed by atoms with van der Waals surface area (Å²) in [5.41, 5.74) is 3.42. The Morgan fingerprint density at radius 3 is 2.54 bits per heavy atom. The molecule has 0 spiro atoms. The highest BCUT2D eigenvalue weighted by Gasteiger charge is 2.26. The molecule has 1 atom stereocenters. The van der Waals surface area contributed by atoms with Gasteiger partial charge in [0.05, 0.1) is 6.61 Å². The molecule has 1 heterocycles. The predicted octanol–water partition coefficient (Wildman–Crippen LogP) is 4.30. The first-order valence-electron chi connectivity index (χ1n) is 8.35. The molecule has 0 radical (unpaired) electrons. The molecule has 0 aromatic heterocycles. The summed E-state index contributed by atoms with van der Waals surface area (Å²) < 4.78 is 11.2. The van der Waals surface area contributed by atoms with Gasteiger partial charge in [0.1, 0.15) is 18.5 Å². The van der Waals surface area contributed by atoms with Crippen LogP contribution in [-0.4, -0.2) is 25.1 Å². The summed E-state index contributed by atoms with van der Waals surface area (Å²) in [6, 6.07) is 13.4. The summed E-state index contributed by atoms with van der Waals surface area (Å²) in [6.07, 6.45) is 0.188. The van der Waals surface area contributed by atoms with E-state index in [9.17, 15) is 4.79 Å². The van der Waals surface area contributed by atoms with Crippen LogP contribution < -0.4 is 4.74 Å². The zero-order valence-electron chi connectivity index (χ0n) is 14.8. The first kappa shape index (κ1) is 16.7. The smallest absolute Gasteiger partial charge is 0.193 e. The van der Waals surface area contributed by atoms with E-state index >= 15 is 0 Å². The molecule has 1 unspecified atom stereocenters. The third-order valence-electron chi connectivity index (χ3n) is 4.27. The minimum atomic E-state index is -0.0516. The number of benzene rings is 2. The summed E-state index contributed by atoms with van der Waals surface area (Å²) >= 11 is 0. The molecule has 0 saturated carbocycles. The number of rotatable bonds is 5. The zero-order valence-corrected chi connectivity index (χ0v) is 14.8. The van der Waals surface area contributed by atoms with Crippen LogP contribution in [0.4, 0.5) is 0 Å². The highest BCUT2D eigenvalue weighted by Crippen LogP contribution is 2.33. The quantitative estimate of drug-likeness (QED) is 0.608. The van der Waals surface area contributed by atoms with Crippen molar-refractivity contribution in [3.05, 3.63) is 64.7 Å². The Bertz CT molecular complexity index is 752. The van der Waals surface area contributed by atoms with Crippen LogP contribution in [0.5, 0.6) is 5.75 Å². The van der Waals surface area contributed by atoms with Crippen LogP contribution in [0.25, 0.3) is 0 Å². The van der Waals surface area contributed by atoms with E-state index in [2.05, 4.69) is 20.8 Å². The number of carbonyl (C=O) groups is 1. The molecule has 3 rings (SSSR count). The molecule has 1 saturated heterocycles. The van der Waals surface area contributed by atoms with Crippen LogP contribution in [-0.2, 0) is 10.2 Å². The second-order valence-corrected chi connectivity index (χ2v) is 7.37. The van der Waals surface area contributed by atoms with Crippen molar-refractivity contribution in [2.75, 3.05) is 13.2 Å². The maximum atomic E-state index is 12.9. The van der Waals surface area contributed by atoms with Crippen molar-refractivity contribution in [1.82, 2.24) is 0 Å². The summed E-state index contributed by atoms with van der Waals surface area (Å²) in [6.45, 7) is 9.68. The minimum absolute atomic E-state index is 0.0288. The van der Waals surface area contributed by atoms with Gasteiger partial charge in [0.25, 0.3) is 0 Å². The van der Waals surface area contributed by atoms with Crippen molar-refractivity contribution in [3.63, 3.8) is 0 Å². The van der Waals surface area contributed by atoms with E-state index in [1.807, 2.05) is 49.4 Å². The molecule has 0 aliphatic carbocycles. The van der Waals surface area contributed by atoms with E-state index in [0.717, 1.165) is 29.0 Å². The van der Waals surface area contributed by atoms with Crippen molar-refractivity contribution >= 4 is 5.78 Å². The van der Waals surface area contributed by atoms with Gasteiger partial charge >= 0.3 is 0 Å². The van der Waals surface area contributed by atoms with Gasteiger partial charge in [0, 0.05) is 11.1 Å². The maximum Gasteiger partial charge on any atom is 0.193 e. The molecular weight excluding hydrogens is 300 g/mol. The lowest BCUT2D eigenvalue weighted by Crippen LogP contribution is -2.16. The van der Waals surface area contributed by atoms with Gasteiger partial charge in [-0.25, -0.2) is 0 Å². The van der Waals surface area contributed by atoms with E-state index in [1.165, 1.54) is 0 Å². The van der Waals surface area contributed by atoms with E-state index in [-0.39, 0.29) is 17.3 Å². The molecular formula is C21H24O3. The van der Waals surface area contributed by atoms with Gasteiger partial charge in [-0.15, -0.1) is 0 Å².